The molecule has 0 unspecified atom stereocenters. The number of benzene rings is 1. The van der Waals surface area contributed by atoms with Gasteiger partial charge in [0.1, 0.15) is 6.42 Å². The van der Waals surface area contributed by atoms with Gasteiger partial charge in [0.15, 0.2) is 5.50 Å². The Hall–Kier alpha value is -2.62. The average Bonchev–Trinajstić information content (AvgIpc) is 2.56. The number of rotatable bonds is 7. The quantitative estimate of drug-likeness (QED) is 0.420. The normalized spacial score (nSPS) is 17.2. The fraction of sp³-hybridized carbons (Fsp3) is 0.438. The van der Waals surface area contributed by atoms with Crippen LogP contribution in [-0.4, -0.2) is 45.3 Å². The SMILES string of the molecule is CC(C)CN1C(=O)CC(=O)N[C@@H]1SCC(=O)Nc1ccc([N+](=O)[O-])cc1. The Labute approximate surface area is 154 Å². The third kappa shape index (κ3) is 5.45. The maximum Gasteiger partial charge on any atom is 0.269 e. The summed E-state index contributed by atoms with van der Waals surface area (Å²) in [6.07, 6.45) is -0.182. The summed E-state index contributed by atoms with van der Waals surface area (Å²) in [6, 6.07) is 5.48. The maximum absolute atomic E-state index is 12.1. The molecule has 10 heteroatoms. The second-order valence-corrected chi connectivity index (χ2v) is 7.27. The molecule has 140 valence electrons. The Bertz CT molecular complexity index is 707. The van der Waals surface area contributed by atoms with Gasteiger partial charge >= 0.3 is 0 Å². The molecule has 1 atom stereocenters. The summed E-state index contributed by atoms with van der Waals surface area (Å²) >= 11 is 1.14. The van der Waals surface area contributed by atoms with Crippen LogP contribution < -0.4 is 10.6 Å². The van der Waals surface area contributed by atoms with Crippen molar-refractivity contribution in [3.8, 4) is 0 Å². The van der Waals surface area contributed by atoms with Crippen LogP contribution in [0.2, 0.25) is 0 Å². The number of thioether (sulfide) groups is 1. The van der Waals surface area contributed by atoms with Crippen LogP contribution in [0, 0.1) is 16.0 Å². The number of carbonyl (C=O) groups excluding carboxylic acids is 3. The van der Waals surface area contributed by atoms with Gasteiger partial charge in [-0.25, -0.2) is 0 Å². The highest BCUT2D eigenvalue weighted by atomic mass is 32.2. The fourth-order valence-electron chi connectivity index (χ4n) is 2.38. The summed E-state index contributed by atoms with van der Waals surface area (Å²) in [5.74, 6) is -0.699. The zero-order valence-corrected chi connectivity index (χ0v) is 15.2. The van der Waals surface area contributed by atoms with Crippen LogP contribution >= 0.6 is 11.8 Å². The average molecular weight is 380 g/mol. The van der Waals surface area contributed by atoms with Crippen molar-refractivity contribution >= 4 is 40.9 Å². The Morgan fingerprint density at radius 1 is 1.38 bits per heavy atom. The summed E-state index contributed by atoms with van der Waals surface area (Å²) < 4.78 is 0. The van der Waals surface area contributed by atoms with Crippen LogP contribution in [0.1, 0.15) is 20.3 Å². The molecule has 1 aromatic rings. The van der Waals surface area contributed by atoms with Crippen LogP contribution in [0.15, 0.2) is 24.3 Å². The number of carbonyl (C=O) groups is 3. The predicted octanol–water partition coefficient (Wildman–Crippen LogP) is 1.55. The van der Waals surface area contributed by atoms with Crippen LogP contribution in [0.3, 0.4) is 0 Å². The van der Waals surface area contributed by atoms with Crippen molar-refractivity contribution in [1.29, 1.82) is 0 Å². The highest BCUT2D eigenvalue weighted by molar-refractivity contribution is 8.00. The van der Waals surface area contributed by atoms with Gasteiger partial charge in [0, 0.05) is 24.4 Å². The number of anilines is 1. The molecular formula is C16H20N4O5S. The summed E-state index contributed by atoms with van der Waals surface area (Å²) in [5.41, 5.74) is -0.220. The summed E-state index contributed by atoms with van der Waals surface area (Å²) in [6.45, 7) is 4.42. The Morgan fingerprint density at radius 2 is 2.04 bits per heavy atom. The first kappa shape index (κ1) is 19.7. The molecule has 0 aliphatic carbocycles. The minimum atomic E-state index is -0.589. The van der Waals surface area contributed by atoms with Gasteiger partial charge in [-0.2, -0.15) is 0 Å². The predicted molar refractivity (Wildman–Crippen MR) is 97.3 cm³/mol. The van der Waals surface area contributed by atoms with E-state index in [4.69, 9.17) is 0 Å². The molecule has 9 nitrogen and oxygen atoms in total. The first-order valence-electron chi connectivity index (χ1n) is 8.01. The summed E-state index contributed by atoms with van der Waals surface area (Å²) in [4.78, 5) is 47.4. The molecule has 1 aliphatic rings. The fourth-order valence-corrected chi connectivity index (χ4v) is 3.36. The van der Waals surface area contributed by atoms with Crippen molar-refractivity contribution in [2.45, 2.75) is 25.8 Å². The van der Waals surface area contributed by atoms with Crippen molar-refractivity contribution < 1.29 is 19.3 Å². The largest absolute Gasteiger partial charge is 0.327 e. The first-order valence-corrected chi connectivity index (χ1v) is 9.06. The standard InChI is InChI=1S/C16H20N4O5S/c1-10(2)8-19-15(23)7-13(21)18-16(19)26-9-14(22)17-11-3-5-12(6-4-11)20(24)25/h3-6,10,16H,7-9H2,1-2H3,(H,17,22)(H,18,21)/t16-/m0/s1. The van der Waals surface area contributed by atoms with E-state index in [0.717, 1.165) is 11.8 Å². The molecule has 1 aliphatic heterocycles. The lowest BCUT2D eigenvalue weighted by Crippen LogP contribution is -2.56. The molecule has 26 heavy (non-hydrogen) atoms. The molecule has 0 aromatic heterocycles. The van der Waals surface area contributed by atoms with Crippen LogP contribution in [0.4, 0.5) is 11.4 Å². The summed E-state index contributed by atoms with van der Waals surface area (Å²) in [5, 5.41) is 16.0. The Morgan fingerprint density at radius 3 is 2.62 bits per heavy atom. The molecule has 3 amide bonds. The van der Waals surface area contributed by atoms with Crippen LogP contribution in [-0.2, 0) is 14.4 Å². The van der Waals surface area contributed by atoms with Gasteiger partial charge < -0.3 is 15.5 Å². The van der Waals surface area contributed by atoms with E-state index >= 15 is 0 Å². The maximum atomic E-state index is 12.1. The number of nitrogens with zero attached hydrogens (tertiary/aromatic N) is 2. The van der Waals surface area contributed by atoms with E-state index in [2.05, 4.69) is 10.6 Å². The highest BCUT2D eigenvalue weighted by Crippen LogP contribution is 2.21. The third-order valence-electron chi connectivity index (χ3n) is 3.50. The second-order valence-electron chi connectivity index (χ2n) is 6.20. The number of non-ortho nitro benzene ring substituents is 1. The second kappa shape index (κ2) is 8.65. The zero-order chi connectivity index (χ0) is 19.3. The molecule has 2 rings (SSSR count). The van der Waals surface area contributed by atoms with Gasteiger partial charge in [-0.05, 0) is 18.1 Å². The lowest BCUT2D eigenvalue weighted by molar-refractivity contribution is -0.384. The third-order valence-corrected chi connectivity index (χ3v) is 4.61. The van der Waals surface area contributed by atoms with E-state index in [1.807, 2.05) is 13.8 Å². The van der Waals surface area contributed by atoms with Gasteiger partial charge in [-0.1, -0.05) is 13.8 Å². The van der Waals surface area contributed by atoms with Gasteiger partial charge in [0.05, 0.1) is 10.7 Å². The van der Waals surface area contributed by atoms with Crippen molar-refractivity contribution in [2.75, 3.05) is 17.6 Å². The molecule has 1 heterocycles. The Balaban J connectivity index is 1.92. The monoisotopic (exact) mass is 380 g/mol. The molecule has 1 saturated heterocycles. The van der Waals surface area contributed by atoms with Gasteiger partial charge in [-0.3, -0.25) is 24.5 Å². The van der Waals surface area contributed by atoms with Crippen LogP contribution in [0.5, 0.6) is 0 Å². The molecule has 1 aromatic carbocycles. The van der Waals surface area contributed by atoms with Crippen molar-refractivity contribution in [3.63, 3.8) is 0 Å². The lowest BCUT2D eigenvalue weighted by atomic mass is 10.2. The molecule has 0 bridgehead atoms. The number of amides is 3. The van der Waals surface area contributed by atoms with E-state index in [1.54, 1.807) is 4.90 Å². The number of nitro benzene ring substituents is 1. The highest BCUT2D eigenvalue weighted by Gasteiger charge is 2.32. The minimum absolute atomic E-state index is 0.0177. The number of nitro groups is 1. The van der Waals surface area contributed by atoms with E-state index in [1.165, 1.54) is 24.3 Å². The zero-order valence-electron chi connectivity index (χ0n) is 14.4. The minimum Gasteiger partial charge on any atom is -0.327 e. The molecule has 0 radical (unpaired) electrons. The first-order chi connectivity index (χ1) is 12.3. The van der Waals surface area contributed by atoms with Gasteiger partial charge in [0.2, 0.25) is 17.7 Å². The van der Waals surface area contributed by atoms with Gasteiger partial charge in [-0.15, -0.1) is 11.8 Å². The van der Waals surface area contributed by atoms with Gasteiger partial charge in [0.25, 0.3) is 5.69 Å². The number of nitrogens with one attached hydrogen (secondary N) is 2. The van der Waals surface area contributed by atoms with Crippen molar-refractivity contribution in [1.82, 2.24) is 10.2 Å². The number of hydrogen-bond donors (Lipinski definition) is 2. The number of hydrogen-bond acceptors (Lipinski definition) is 6. The molecule has 0 spiro atoms. The summed E-state index contributed by atoms with van der Waals surface area (Å²) in [7, 11) is 0. The van der Waals surface area contributed by atoms with E-state index < -0.39 is 10.4 Å². The molecule has 1 fully saturated rings. The molecule has 0 saturated carbocycles. The molecular weight excluding hydrogens is 360 g/mol. The Kier molecular flexibility index (Phi) is 6.56. The van der Waals surface area contributed by atoms with Crippen molar-refractivity contribution in [2.24, 2.45) is 5.92 Å². The molecule has 2 N–H and O–H groups in total. The van der Waals surface area contributed by atoms with E-state index in [9.17, 15) is 24.5 Å². The topological polar surface area (TPSA) is 122 Å². The smallest absolute Gasteiger partial charge is 0.269 e. The lowest BCUT2D eigenvalue weighted by Gasteiger charge is -2.36. The van der Waals surface area contributed by atoms with Crippen molar-refractivity contribution in [3.05, 3.63) is 34.4 Å². The van der Waals surface area contributed by atoms with Crippen LogP contribution in [0.25, 0.3) is 0 Å². The van der Waals surface area contributed by atoms with E-state index in [-0.39, 0.29) is 41.5 Å². The van der Waals surface area contributed by atoms with E-state index in [0.29, 0.717) is 12.2 Å².